The number of aromatic nitrogens is 2. The van der Waals surface area contributed by atoms with Gasteiger partial charge in [0.15, 0.2) is 0 Å². The summed E-state index contributed by atoms with van der Waals surface area (Å²) in [6, 6.07) is 7.47. The Morgan fingerprint density at radius 2 is 2.06 bits per heavy atom. The maximum absolute atomic E-state index is 10.8. The van der Waals surface area contributed by atoms with E-state index in [0.717, 1.165) is 22.5 Å². The highest BCUT2D eigenvalue weighted by Crippen LogP contribution is 2.32. The molecule has 0 radical (unpaired) electrons. The van der Waals surface area contributed by atoms with Crippen molar-refractivity contribution in [2.75, 3.05) is 0 Å². The molecule has 0 amide bonds. The molecule has 1 N–H and O–H groups in total. The second-order valence-corrected chi connectivity index (χ2v) is 4.48. The molecule has 0 saturated heterocycles. The Balaban J connectivity index is 2.56. The van der Waals surface area contributed by atoms with Gasteiger partial charge in [-0.15, -0.1) is 0 Å². The lowest BCUT2D eigenvalue weighted by atomic mass is 10.0. The van der Waals surface area contributed by atoms with Gasteiger partial charge in [0.05, 0.1) is 5.69 Å². The number of hydrogen-bond acceptors (Lipinski definition) is 2. The van der Waals surface area contributed by atoms with Crippen molar-refractivity contribution in [3.8, 4) is 11.1 Å². The monoisotopic (exact) mass is 264 g/mol. The maximum atomic E-state index is 10.8. The SMILES string of the molecule is Cc1nn(CC(=O)O)c(C)c1-c1ccccc1Cl. The predicted molar refractivity (Wildman–Crippen MR) is 69.8 cm³/mol. The summed E-state index contributed by atoms with van der Waals surface area (Å²) in [4.78, 5) is 10.8. The molecule has 0 fully saturated rings. The molecule has 0 saturated carbocycles. The number of carboxylic acids is 1. The lowest BCUT2D eigenvalue weighted by molar-refractivity contribution is -0.137. The van der Waals surface area contributed by atoms with E-state index >= 15 is 0 Å². The van der Waals surface area contributed by atoms with Gasteiger partial charge in [0.25, 0.3) is 0 Å². The van der Waals surface area contributed by atoms with Crippen LogP contribution < -0.4 is 0 Å². The van der Waals surface area contributed by atoms with Crippen LogP contribution in [0.25, 0.3) is 11.1 Å². The highest BCUT2D eigenvalue weighted by atomic mass is 35.5. The van der Waals surface area contributed by atoms with E-state index in [-0.39, 0.29) is 6.54 Å². The number of nitrogens with zero attached hydrogens (tertiary/aromatic N) is 2. The van der Waals surface area contributed by atoms with Crippen molar-refractivity contribution >= 4 is 17.6 Å². The normalized spacial score (nSPS) is 10.6. The van der Waals surface area contributed by atoms with Crippen LogP contribution in [0.15, 0.2) is 24.3 Å². The van der Waals surface area contributed by atoms with Crippen LogP contribution in [0.3, 0.4) is 0 Å². The number of aliphatic carboxylic acids is 1. The maximum Gasteiger partial charge on any atom is 0.325 e. The molecule has 5 heteroatoms. The molecule has 0 aliphatic rings. The van der Waals surface area contributed by atoms with Gasteiger partial charge in [0.2, 0.25) is 0 Å². The van der Waals surface area contributed by atoms with Crippen LogP contribution in [0, 0.1) is 13.8 Å². The first-order valence-electron chi connectivity index (χ1n) is 5.51. The highest BCUT2D eigenvalue weighted by molar-refractivity contribution is 6.33. The smallest absolute Gasteiger partial charge is 0.325 e. The molecule has 0 unspecified atom stereocenters. The number of carboxylic acid groups (broad SMARTS) is 1. The third-order valence-corrected chi connectivity index (χ3v) is 3.14. The van der Waals surface area contributed by atoms with Gasteiger partial charge >= 0.3 is 5.97 Å². The summed E-state index contributed by atoms with van der Waals surface area (Å²) in [5.74, 6) is -0.911. The van der Waals surface area contributed by atoms with E-state index in [0.29, 0.717) is 5.02 Å². The fourth-order valence-corrected chi connectivity index (χ4v) is 2.26. The number of hydrogen-bond donors (Lipinski definition) is 1. The third-order valence-electron chi connectivity index (χ3n) is 2.81. The molecule has 0 bridgehead atoms. The van der Waals surface area contributed by atoms with Gasteiger partial charge in [-0.05, 0) is 19.9 Å². The summed E-state index contributed by atoms with van der Waals surface area (Å²) >= 11 is 6.16. The Kier molecular flexibility index (Phi) is 3.39. The Morgan fingerprint density at radius 3 is 2.67 bits per heavy atom. The van der Waals surface area contributed by atoms with Crippen LogP contribution in [0.1, 0.15) is 11.4 Å². The van der Waals surface area contributed by atoms with Crippen LogP contribution in [0.2, 0.25) is 5.02 Å². The van der Waals surface area contributed by atoms with Gasteiger partial charge in [-0.25, -0.2) is 0 Å². The minimum Gasteiger partial charge on any atom is -0.480 e. The van der Waals surface area contributed by atoms with E-state index in [1.54, 1.807) is 0 Å². The molecule has 94 valence electrons. The Labute approximate surface area is 110 Å². The highest BCUT2D eigenvalue weighted by Gasteiger charge is 2.16. The minimum absolute atomic E-state index is 0.142. The molecular formula is C13H13ClN2O2. The zero-order valence-corrected chi connectivity index (χ0v) is 10.9. The number of halogens is 1. The van der Waals surface area contributed by atoms with Crippen LogP contribution in [0.5, 0.6) is 0 Å². The summed E-state index contributed by atoms with van der Waals surface area (Å²) in [5.41, 5.74) is 3.37. The molecule has 0 aliphatic carbocycles. The summed E-state index contributed by atoms with van der Waals surface area (Å²) in [6.45, 7) is 3.56. The molecule has 0 atom stereocenters. The molecule has 1 aromatic carbocycles. The van der Waals surface area contributed by atoms with Crippen LogP contribution in [-0.2, 0) is 11.3 Å². The molecule has 0 spiro atoms. The van der Waals surface area contributed by atoms with E-state index in [9.17, 15) is 4.79 Å². The van der Waals surface area contributed by atoms with Crippen LogP contribution >= 0.6 is 11.6 Å². The standard InChI is InChI=1S/C13H13ClN2O2/c1-8-13(10-5-3-4-6-11(10)14)9(2)16(15-8)7-12(17)18/h3-6H,7H2,1-2H3,(H,17,18). The van der Waals surface area contributed by atoms with Crippen molar-refractivity contribution in [2.45, 2.75) is 20.4 Å². The Morgan fingerprint density at radius 1 is 1.39 bits per heavy atom. The third kappa shape index (κ3) is 2.24. The van der Waals surface area contributed by atoms with Crippen molar-refractivity contribution in [2.24, 2.45) is 0 Å². The van der Waals surface area contributed by atoms with E-state index < -0.39 is 5.97 Å². The topological polar surface area (TPSA) is 55.1 Å². The molecule has 2 rings (SSSR count). The average molecular weight is 265 g/mol. The van der Waals surface area contributed by atoms with Gasteiger partial charge < -0.3 is 5.11 Å². The zero-order valence-electron chi connectivity index (χ0n) is 10.1. The average Bonchev–Trinajstić information content (AvgIpc) is 2.55. The molecule has 4 nitrogen and oxygen atoms in total. The van der Waals surface area contributed by atoms with E-state index in [4.69, 9.17) is 16.7 Å². The zero-order chi connectivity index (χ0) is 13.3. The number of carbonyl (C=O) groups is 1. The number of benzene rings is 1. The molecule has 18 heavy (non-hydrogen) atoms. The van der Waals surface area contributed by atoms with Crippen molar-refractivity contribution in [1.82, 2.24) is 9.78 Å². The van der Waals surface area contributed by atoms with Gasteiger partial charge in [-0.1, -0.05) is 29.8 Å². The second kappa shape index (κ2) is 4.82. The number of rotatable bonds is 3. The molecule has 0 aliphatic heterocycles. The van der Waals surface area contributed by atoms with Crippen molar-refractivity contribution in [3.63, 3.8) is 0 Å². The van der Waals surface area contributed by atoms with Crippen molar-refractivity contribution < 1.29 is 9.90 Å². The van der Waals surface area contributed by atoms with E-state index in [2.05, 4.69) is 5.10 Å². The molecule has 1 heterocycles. The summed E-state index contributed by atoms with van der Waals surface area (Å²) in [6.07, 6.45) is 0. The Hall–Kier alpha value is -1.81. The van der Waals surface area contributed by atoms with E-state index in [1.807, 2.05) is 38.1 Å². The first kappa shape index (κ1) is 12.6. The fourth-order valence-electron chi connectivity index (χ4n) is 2.03. The lowest BCUT2D eigenvalue weighted by Gasteiger charge is -2.05. The first-order chi connectivity index (χ1) is 8.50. The fraction of sp³-hybridized carbons (Fsp3) is 0.231. The van der Waals surface area contributed by atoms with Gasteiger partial charge in [-0.2, -0.15) is 5.10 Å². The van der Waals surface area contributed by atoms with Crippen LogP contribution in [0.4, 0.5) is 0 Å². The quantitative estimate of drug-likeness (QED) is 0.927. The summed E-state index contributed by atoms with van der Waals surface area (Å²) in [7, 11) is 0. The molecule has 2 aromatic rings. The van der Waals surface area contributed by atoms with Gasteiger partial charge in [0, 0.05) is 21.8 Å². The lowest BCUT2D eigenvalue weighted by Crippen LogP contribution is -2.11. The minimum atomic E-state index is -0.911. The number of aryl methyl sites for hydroxylation is 1. The second-order valence-electron chi connectivity index (χ2n) is 4.08. The van der Waals surface area contributed by atoms with Gasteiger partial charge in [-0.3, -0.25) is 9.48 Å². The molecule has 1 aromatic heterocycles. The van der Waals surface area contributed by atoms with E-state index in [1.165, 1.54) is 4.68 Å². The predicted octanol–water partition coefficient (Wildman–Crippen LogP) is 2.90. The first-order valence-corrected chi connectivity index (χ1v) is 5.89. The Bertz CT molecular complexity index is 605. The van der Waals surface area contributed by atoms with Crippen molar-refractivity contribution in [3.05, 3.63) is 40.7 Å². The van der Waals surface area contributed by atoms with Crippen molar-refractivity contribution in [1.29, 1.82) is 0 Å². The summed E-state index contributed by atoms with van der Waals surface area (Å²) in [5, 5.41) is 13.7. The van der Waals surface area contributed by atoms with Gasteiger partial charge in [0.1, 0.15) is 6.54 Å². The largest absolute Gasteiger partial charge is 0.480 e. The summed E-state index contributed by atoms with van der Waals surface area (Å²) < 4.78 is 1.48. The van der Waals surface area contributed by atoms with Crippen LogP contribution in [-0.4, -0.2) is 20.9 Å². The molecular weight excluding hydrogens is 252 g/mol.